The Morgan fingerprint density at radius 3 is 2.57 bits per heavy atom. The summed E-state index contributed by atoms with van der Waals surface area (Å²) in [7, 11) is 1.71. The molecule has 1 N–H and O–H groups in total. The van der Waals surface area contributed by atoms with E-state index in [4.69, 9.17) is 0 Å². The van der Waals surface area contributed by atoms with Crippen LogP contribution in [0, 0.1) is 12.7 Å². The molecule has 0 aliphatic carbocycles. The molecule has 1 atom stereocenters. The molecule has 5 heteroatoms. The summed E-state index contributed by atoms with van der Waals surface area (Å²) in [5.41, 5.74) is 1.31. The Kier molecular flexibility index (Phi) is 4.21. The molecule has 0 bridgehead atoms. The van der Waals surface area contributed by atoms with Gasteiger partial charge >= 0.3 is 5.97 Å². The fourth-order valence-electron chi connectivity index (χ4n) is 2.18. The van der Waals surface area contributed by atoms with Crippen molar-refractivity contribution in [1.82, 2.24) is 4.98 Å². The number of rotatable bonds is 4. The predicted molar refractivity (Wildman–Crippen MR) is 79.2 cm³/mol. The molecule has 110 valence electrons. The number of aryl methyl sites for hydroxylation is 1. The average Bonchev–Trinajstić information content (AvgIpc) is 2.45. The van der Waals surface area contributed by atoms with E-state index in [1.165, 1.54) is 12.1 Å². The number of hydrogen-bond donors (Lipinski definition) is 1. The maximum atomic E-state index is 13.9. The van der Waals surface area contributed by atoms with Crippen molar-refractivity contribution in [2.45, 2.75) is 19.9 Å². The van der Waals surface area contributed by atoms with Crippen LogP contribution in [-0.2, 0) is 0 Å². The SMILES string of the molecule is Cc1ccc(C(=O)O)c(N(C)C(C)c2ccccc2F)n1. The number of aromatic nitrogens is 1. The van der Waals surface area contributed by atoms with Crippen LogP contribution in [0.25, 0.3) is 0 Å². The number of hydrogen-bond acceptors (Lipinski definition) is 3. The van der Waals surface area contributed by atoms with E-state index < -0.39 is 5.97 Å². The molecule has 2 aromatic rings. The van der Waals surface area contributed by atoms with Gasteiger partial charge in [-0.05, 0) is 32.0 Å². The molecule has 0 saturated carbocycles. The maximum absolute atomic E-state index is 13.9. The van der Waals surface area contributed by atoms with Gasteiger partial charge in [-0.3, -0.25) is 0 Å². The second kappa shape index (κ2) is 5.91. The largest absolute Gasteiger partial charge is 0.478 e. The van der Waals surface area contributed by atoms with E-state index >= 15 is 0 Å². The van der Waals surface area contributed by atoms with Crippen LogP contribution < -0.4 is 4.90 Å². The topological polar surface area (TPSA) is 53.4 Å². The molecular weight excluding hydrogens is 271 g/mol. The predicted octanol–water partition coefficient (Wildman–Crippen LogP) is 3.42. The molecule has 1 aromatic heterocycles. The summed E-state index contributed by atoms with van der Waals surface area (Å²) in [5, 5.41) is 9.27. The van der Waals surface area contributed by atoms with Crippen molar-refractivity contribution < 1.29 is 14.3 Å². The van der Waals surface area contributed by atoms with Crippen LogP contribution >= 0.6 is 0 Å². The first kappa shape index (κ1) is 15.0. The Morgan fingerprint density at radius 2 is 1.95 bits per heavy atom. The molecule has 4 nitrogen and oxygen atoms in total. The Balaban J connectivity index is 2.44. The van der Waals surface area contributed by atoms with Gasteiger partial charge in [0.05, 0.1) is 6.04 Å². The lowest BCUT2D eigenvalue weighted by atomic mass is 10.1. The van der Waals surface area contributed by atoms with Gasteiger partial charge in [-0.2, -0.15) is 0 Å². The van der Waals surface area contributed by atoms with E-state index in [9.17, 15) is 14.3 Å². The first-order chi connectivity index (χ1) is 9.91. The quantitative estimate of drug-likeness (QED) is 0.936. The van der Waals surface area contributed by atoms with Crippen LogP contribution in [0.1, 0.15) is 34.6 Å². The minimum atomic E-state index is -1.05. The normalized spacial score (nSPS) is 12.0. The molecular formula is C16H17FN2O2. The number of nitrogens with zero attached hydrogens (tertiary/aromatic N) is 2. The highest BCUT2D eigenvalue weighted by molar-refractivity contribution is 5.93. The van der Waals surface area contributed by atoms with Gasteiger partial charge in [0.15, 0.2) is 0 Å². The third-order valence-corrected chi connectivity index (χ3v) is 3.52. The number of carboxylic acid groups (broad SMARTS) is 1. The van der Waals surface area contributed by atoms with Crippen molar-refractivity contribution >= 4 is 11.8 Å². The summed E-state index contributed by atoms with van der Waals surface area (Å²) in [6.45, 7) is 3.60. The van der Waals surface area contributed by atoms with Crippen molar-refractivity contribution in [3.05, 3.63) is 59.0 Å². The standard InChI is InChI=1S/C16H17FN2O2/c1-10-8-9-13(16(20)21)15(18-10)19(3)11(2)12-6-4-5-7-14(12)17/h4-9,11H,1-3H3,(H,20,21). The number of anilines is 1. The van der Waals surface area contributed by atoms with Crippen molar-refractivity contribution in [2.24, 2.45) is 0 Å². The monoisotopic (exact) mass is 288 g/mol. The maximum Gasteiger partial charge on any atom is 0.339 e. The molecule has 1 aromatic carbocycles. The molecule has 0 fully saturated rings. The van der Waals surface area contributed by atoms with Gasteiger partial charge in [0.1, 0.15) is 17.2 Å². The van der Waals surface area contributed by atoms with E-state index in [1.54, 1.807) is 43.1 Å². The van der Waals surface area contributed by atoms with Gasteiger partial charge in [-0.25, -0.2) is 14.2 Å². The van der Waals surface area contributed by atoms with E-state index in [1.807, 2.05) is 6.92 Å². The van der Waals surface area contributed by atoms with Crippen LogP contribution in [0.3, 0.4) is 0 Å². The summed E-state index contributed by atoms with van der Waals surface area (Å²) in [6.07, 6.45) is 0. The minimum absolute atomic E-state index is 0.103. The lowest BCUT2D eigenvalue weighted by molar-refractivity contribution is 0.0697. The fraction of sp³-hybridized carbons (Fsp3) is 0.250. The molecule has 2 rings (SSSR count). The average molecular weight is 288 g/mol. The molecule has 0 amide bonds. The Hall–Kier alpha value is -2.43. The van der Waals surface area contributed by atoms with Crippen LogP contribution in [0.2, 0.25) is 0 Å². The number of carboxylic acids is 1. The molecule has 1 unspecified atom stereocenters. The van der Waals surface area contributed by atoms with E-state index in [0.717, 1.165) is 0 Å². The highest BCUT2D eigenvalue weighted by Crippen LogP contribution is 2.28. The number of benzene rings is 1. The number of pyridine rings is 1. The van der Waals surface area contributed by atoms with Crippen molar-refractivity contribution in [3.63, 3.8) is 0 Å². The number of carbonyl (C=O) groups is 1. The van der Waals surface area contributed by atoms with E-state index in [-0.39, 0.29) is 17.4 Å². The van der Waals surface area contributed by atoms with Crippen LogP contribution in [0.4, 0.5) is 10.2 Å². The molecule has 21 heavy (non-hydrogen) atoms. The molecule has 0 aliphatic heterocycles. The van der Waals surface area contributed by atoms with Gasteiger partial charge in [-0.15, -0.1) is 0 Å². The van der Waals surface area contributed by atoms with Gasteiger partial charge < -0.3 is 10.0 Å². The molecule has 0 aliphatic rings. The smallest absolute Gasteiger partial charge is 0.339 e. The van der Waals surface area contributed by atoms with Crippen molar-refractivity contribution in [1.29, 1.82) is 0 Å². The number of aromatic carboxylic acids is 1. The van der Waals surface area contributed by atoms with Crippen molar-refractivity contribution in [2.75, 3.05) is 11.9 Å². The summed E-state index contributed by atoms with van der Waals surface area (Å²) in [4.78, 5) is 17.3. The second-order valence-corrected chi connectivity index (χ2v) is 4.94. The van der Waals surface area contributed by atoms with E-state index in [0.29, 0.717) is 17.1 Å². The molecule has 0 radical (unpaired) electrons. The highest BCUT2D eigenvalue weighted by atomic mass is 19.1. The number of halogens is 1. The highest BCUT2D eigenvalue weighted by Gasteiger charge is 2.21. The first-order valence-corrected chi connectivity index (χ1v) is 6.60. The fourth-order valence-corrected chi connectivity index (χ4v) is 2.18. The Labute approximate surface area is 122 Å². The lowest BCUT2D eigenvalue weighted by Gasteiger charge is -2.28. The summed E-state index contributed by atoms with van der Waals surface area (Å²) < 4.78 is 13.9. The van der Waals surface area contributed by atoms with Gasteiger partial charge in [0, 0.05) is 18.3 Å². The van der Waals surface area contributed by atoms with E-state index in [2.05, 4.69) is 4.98 Å². The zero-order chi connectivity index (χ0) is 15.6. The molecule has 1 heterocycles. The summed E-state index contributed by atoms with van der Waals surface area (Å²) in [6, 6.07) is 9.29. The van der Waals surface area contributed by atoms with Crippen LogP contribution in [0.15, 0.2) is 36.4 Å². The van der Waals surface area contributed by atoms with Gasteiger partial charge in [0.2, 0.25) is 0 Å². The van der Waals surface area contributed by atoms with Gasteiger partial charge in [0.25, 0.3) is 0 Å². The summed E-state index contributed by atoms with van der Waals surface area (Å²) >= 11 is 0. The Morgan fingerprint density at radius 1 is 1.29 bits per heavy atom. The zero-order valence-electron chi connectivity index (χ0n) is 12.2. The van der Waals surface area contributed by atoms with Crippen LogP contribution in [-0.4, -0.2) is 23.1 Å². The first-order valence-electron chi connectivity index (χ1n) is 6.60. The van der Waals surface area contributed by atoms with Crippen LogP contribution in [0.5, 0.6) is 0 Å². The van der Waals surface area contributed by atoms with Crippen molar-refractivity contribution in [3.8, 4) is 0 Å². The third-order valence-electron chi connectivity index (χ3n) is 3.52. The molecule has 0 saturated heterocycles. The van der Waals surface area contributed by atoms with Gasteiger partial charge in [-0.1, -0.05) is 18.2 Å². The zero-order valence-corrected chi connectivity index (χ0v) is 12.2. The summed E-state index contributed by atoms with van der Waals surface area (Å²) in [5.74, 6) is -1.04. The minimum Gasteiger partial charge on any atom is -0.478 e. The second-order valence-electron chi connectivity index (χ2n) is 4.94. The molecule has 0 spiro atoms. The third kappa shape index (κ3) is 3.02. The lowest BCUT2D eigenvalue weighted by Crippen LogP contribution is -2.25. The Bertz CT molecular complexity index is 673.